The van der Waals surface area contributed by atoms with Crippen molar-refractivity contribution in [3.8, 4) is 0 Å². The Labute approximate surface area is 89.3 Å². The number of carboxylic acid groups (broad SMARTS) is 1. The monoisotopic (exact) mass is 221 g/mol. The van der Waals surface area contributed by atoms with Gasteiger partial charge in [0.1, 0.15) is 0 Å². The van der Waals surface area contributed by atoms with Crippen LogP contribution in [0.3, 0.4) is 0 Å². The van der Waals surface area contributed by atoms with Crippen LogP contribution in [0.25, 0.3) is 0 Å². The van der Waals surface area contributed by atoms with Crippen LogP contribution in [0, 0.1) is 0 Å². The van der Waals surface area contributed by atoms with Crippen LogP contribution in [0.2, 0.25) is 0 Å². The number of carbonyl (C=O) groups is 1. The summed E-state index contributed by atoms with van der Waals surface area (Å²) < 4.78 is 15.5. The molecule has 3 N–H and O–H groups in total. The summed E-state index contributed by atoms with van der Waals surface area (Å²) in [5.41, 5.74) is 5.27. The molecule has 0 spiro atoms. The molecule has 15 heavy (non-hydrogen) atoms. The normalized spacial score (nSPS) is 12.7. The van der Waals surface area contributed by atoms with Gasteiger partial charge in [-0.15, -0.1) is 0 Å². The van der Waals surface area contributed by atoms with E-state index < -0.39 is 12.3 Å². The molecule has 0 aromatic carbocycles. The van der Waals surface area contributed by atoms with E-state index in [-0.39, 0.29) is 19.6 Å². The van der Waals surface area contributed by atoms with E-state index in [1.54, 1.807) is 0 Å². The molecule has 0 saturated carbocycles. The number of hydrogen-bond acceptors (Lipinski definition) is 5. The molecule has 0 radical (unpaired) electrons. The Kier molecular flexibility index (Phi) is 9.40. The molecule has 6 heteroatoms. The first-order valence-corrected chi connectivity index (χ1v) is 4.93. The molecule has 0 aromatic heterocycles. The molecular formula is C9H19NO5. The van der Waals surface area contributed by atoms with Gasteiger partial charge in [0.25, 0.3) is 0 Å². The van der Waals surface area contributed by atoms with Gasteiger partial charge >= 0.3 is 5.97 Å². The highest BCUT2D eigenvalue weighted by Crippen LogP contribution is 1.96. The van der Waals surface area contributed by atoms with Crippen molar-refractivity contribution in [2.45, 2.75) is 19.6 Å². The molecule has 0 amide bonds. The molecule has 1 unspecified atom stereocenters. The average molecular weight is 221 g/mol. The number of nitrogens with two attached hydrogens (primary N) is 1. The van der Waals surface area contributed by atoms with Crippen LogP contribution in [0.5, 0.6) is 0 Å². The zero-order valence-electron chi connectivity index (χ0n) is 8.98. The molecule has 0 heterocycles. The Morgan fingerprint density at radius 1 is 1.40 bits per heavy atom. The van der Waals surface area contributed by atoms with Crippen LogP contribution in [0.1, 0.15) is 13.3 Å². The van der Waals surface area contributed by atoms with Crippen molar-refractivity contribution in [2.75, 3.05) is 33.0 Å². The van der Waals surface area contributed by atoms with Crippen molar-refractivity contribution in [3.63, 3.8) is 0 Å². The summed E-state index contributed by atoms with van der Waals surface area (Å²) in [6.45, 7) is 3.55. The van der Waals surface area contributed by atoms with Gasteiger partial charge in [-0.25, -0.2) is 0 Å². The Hall–Kier alpha value is -0.690. The second kappa shape index (κ2) is 9.85. The predicted molar refractivity (Wildman–Crippen MR) is 53.5 cm³/mol. The van der Waals surface area contributed by atoms with Crippen LogP contribution in [0.4, 0.5) is 0 Å². The van der Waals surface area contributed by atoms with Gasteiger partial charge in [-0.2, -0.15) is 0 Å². The molecule has 0 rings (SSSR count). The van der Waals surface area contributed by atoms with Crippen molar-refractivity contribution in [3.05, 3.63) is 0 Å². The van der Waals surface area contributed by atoms with E-state index in [1.165, 1.54) is 0 Å². The molecule has 0 aliphatic heterocycles. The van der Waals surface area contributed by atoms with Gasteiger partial charge in [-0.05, 0) is 6.92 Å². The van der Waals surface area contributed by atoms with E-state index in [1.807, 2.05) is 6.92 Å². The molecule has 90 valence electrons. The van der Waals surface area contributed by atoms with Crippen LogP contribution in [-0.2, 0) is 19.0 Å². The summed E-state index contributed by atoms with van der Waals surface area (Å²) in [5, 5.41) is 8.36. The molecule has 0 aliphatic carbocycles. The zero-order valence-corrected chi connectivity index (χ0v) is 8.98. The van der Waals surface area contributed by atoms with E-state index in [0.29, 0.717) is 19.8 Å². The quantitative estimate of drug-likeness (QED) is 0.392. The molecule has 1 atom stereocenters. The summed E-state index contributed by atoms with van der Waals surface area (Å²) in [6, 6.07) is 0. The summed E-state index contributed by atoms with van der Waals surface area (Å²) in [4.78, 5) is 10.2. The standard InChI is InChI=1S/C9H19NO5/c1-2-14-9(15-6-4-10)7-13-5-3-8(11)12/h9H,2-7,10H2,1H3,(H,11,12). The molecule has 0 aliphatic rings. The number of hydrogen-bond donors (Lipinski definition) is 2. The first-order chi connectivity index (χ1) is 7.20. The van der Waals surface area contributed by atoms with E-state index in [2.05, 4.69) is 0 Å². The van der Waals surface area contributed by atoms with Crippen molar-refractivity contribution >= 4 is 5.97 Å². The van der Waals surface area contributed by atoms with Crippen LogP contribution >= 0.6 is 0 Å². The maximum absolute atomic E-state index is 10.2. The Balaban J connectivity index is 3.51. The lowest BCUT2D eigenvalue weighted by molar-refractivity contribution is -0.169. The number of rotatable bonds is 10. The van der Waals surface area contributed by atoms with Crippen molar-refractivity contribution in [2.24, 2.45) is 5.73 Å². The summed E-state index contributed by atoms with van der Waals surface area (Å²) >= 11 is 0. The van der Waals surface area contributed by atoms with Crippen molar-refractivity contribution < 1.29 is 24.1 Å². The molecule has 0 aromatic rings. The van der Waals surface area contributed by atoms with E-state index in [0.717, 1.165) is 0 Å². The third-order valence-corrected chi connectivity index (χ3v) is 1.49. The Morgan fingerprint density at radius 3 is 2.67 bits per heavy atom. The zero-order chi connectivity index (χ0) is 11.5. The highest BCUT2D eigenvalue weighted by Gasteiger charge is 2.08. The minimum Gasteiger partial charge on any atom is -0.481 e. The minimum absolute atomic E-state index is 0.0181. The van der Waals surface area contributed by atoms with Gasteiger partial charge in [0.15, 0.2) is 6.29 Å². The van der Waals surface area contributed by atoms with Gasteiger partial charge in [0.2, 0.25) is 0 Å². The van der Waals surface area contributed by atoms with Crippen molar-refractivity contribution in [1.82, 2.24) is 0 Å². The van der Waals surface area contributed by atoms with Gasteiger partial charge < -0.3 is 25.1 Å². The summed E-state index contributed by atoms with van der Waals surface area (Å²) in [5.74, 6) is -0.883. The van der Waals surface area contributed by atoms with E-state index in [4.69, 9.17) is 25.1 Å². The van der Waals surface area contributed by atoms with Crippen LogP contribution in [-0.4, -0.2) is 50.3 Å². The maximum Gasteiger partial charge on any atom is 0.305 e. The minimum atomic E-state index is -0.883. The molecular weight excluding hydrogens is 202 g/mol. The van der Waals surface area contributed by atoms with Crippen molar-refractivity contribution in [1.29, 1.82) is 0 Å². The maximum atomic E-state index is 10.2. The first kappa shape index (κ1) is 14.3. The molecule has 0 saturated heterocycles. The Bertz CT molecular complexity index is 165. The van der Waals surface area contributed by atoms with Crippen LogP contribution < -0.4 is 5.73 Å². The Morgan fingerprint density at radius 2 is 2.13 bits per heavy atom. The van der Waals surface area contributed by atoms with Gasteiger partial charge in [0, 0.05) is 13.2 Å². The van der Waals surface area contributed by atoms with Gasteiger partial charge in [-0.3, -0.25) is 4.79 Å². The molecule has 0 fully saturated rings. The fraction of sp³-hybridized carbons (Fsp3) is 0.889. The predicted octanol–water partition coefficient (Wildman–Crippen LogP) is -0.184. The summed E-state index contributed by atoms with van der Waals surface area (Å²) in [7, 11) is 0. The first-order valence-electron chi connectivity index (χ1n) is 4.93. The third kappa shape index (κ3) is 9.61. The lowest BCUT2D eigenvalue weighted by Crippen LogP contribution is -2.26. The lowest BCUT2D eigenvalue weighted by atomic mass is 10.5. The molecule has 6 nitrogen and oxygen atoms in total. The summed E-state index contributed by atoms with van der Waals surface area (Å²) in [6.07, 6.45) is -0.484. The fourth-order valence-corrected chi connectivity index (χ4v) is 0.869. The van der Waals surface area contributed by atoms with E-state index in [9.17, 15) is 4.79 Å². The van der Waals surface area contributed by atoms with Gasteiger partial charge in [-0.1, -0.05) is 0 Å². The number of aliphatic carboxylic acids is 1. The fourth-order valence-electron chi connectivity index (χ4n) is 0.869. The van der Waals surface area contributed by atoms with Crippen LogP contribution in [0.15, 0.2) is 0 Å². The lowest BCUT2D eigenvalue weighted by Gasteiger charge is -2.17. The second-order valence-corrected chi connectivity index (χ2v) is 2.76. The average Bonchev–Trinajstić information content (AvgIpc) is 2.20. The molecule has 0 bridgehead atoms. The highest BCUT2D eigenvalue weighted by molar-refractivity contribution is 5.66. The topological polar surface area (TPSA) is 91.0 Å². The number of carboxylic acids is 1. The third-order valence-electron chi connectivity index (χ3n) is 1.49. The SMILES string of the molecule is CCOC(COCCC(=O)O)OCCN. The largest absolute Gasteiger partial charge is 0.481 e. The second-order valence-electron chi connectivity index (χ2n) is 2.76. The van der Waals surface area contributed by atoms with Gasteiger partial charge in [0.05, 0.1) is 26.2 Å². The van der Waals surface area contributed by atoms with E-state index >= 15 is 0 Å². The highest BCUT2D eigenvalue weighted by atomic mass is 16.7. The number of ether oxygens (including phenoxy) is 3. The smallest absolute Gasteiger partial charge is 0.305 e.